The minimum atomic E-state index is -0.352. The van der Waals surface area contributed by atoms with E-state index in [4.69, 9.17) is 0 Å². The molecule has 0 radical (unpaired) electrons. The van der Waals surface area contributed by atoms with Crippen molar-refractivity contribution >= 4 is 16.7 Å². The third kappa shape index (κ3) is 2.23. The quantitative estimate of drug-likeness (QED) is 0.793. The first-order valence-electron chi connectivity index (χ1n) is 5.96. The lowest BCUT2D eigenvalue weighted by Crippen LogP contribution is -2.23. The Morgan fingerprint density at radius 1 is 1.20 bits per heavy atom. The van der Waals surface area contributed by atoms with E-state index in [9.17, 15) is 9.18 Å². The minimum absolute atomic E-state index is 0.154. The maximum atomic E-state index is 13.7. The van der Waals surface area contributed by atoms with E-state index >= 15 is 0 Å². The van der Waals surface area contributed by atoms with Crippen molar-refractivity contribution in [3.8, 4) is 0 Å². The Hall–Kier alpha value is -2.76. The van der Waals surface area contributed by atoms with Crippen molar-refractivity contribution in [1.29, 1.82) is 0 Å². The molecule has 0 aliphatic rings. The normalized spacial score (nSPS) is 10.7. The van der Waals surface area contributed by atoms with Gasteiger partial charge in [0.15, 0.2) is 5.82 Å². The van der Waals surface area contributed by atoms with Crippen LogP contribution in [0.4, 0.5) is 4.39 Å². The molecule has 1 aromatic heterocycles. The van der Waals surface area contributed by atoms with E-state index < -0.39 is 0 Å². The van der Waals surface area contributed by atoms with Crippen LogP contribution >= 0.6 is 0 Å². The summed E-state index contributed by atoms with van der Waals surface area (Å²) in [5.41, 5.74) is 0.408. The van der Waals surface area contributed by atoms with Crippen LogP contribution in [0.15, 0.2) is 47.3 Å². The smallest absolute Gasteiger partial charge is 0.252 e. The van der Waals surface area contributed by atoms with E-state index in [1.54, 1.807) is 24.3 Å². The van der Waals surface area contributed by atoms with Crippen molar-refractivity contribution in [3.63, 3.8) is 0 Å². The summed E-state index contributed by atoms with van der Waals surface area (Å²) in [4.78, 5) is 16.0. The zero-order valence-corrected chi connectivity index (χ0v) is 10.3. The molecule has 1 heterocycles. The van der Waals surface area contributed by atoms with Crippen LogP contribution < -0.4 is 5.32 Å². The molecular weight excluding hydrogens is 261 g/mol. The van der Waals surface area contributed by atoms with Crippen molar-refractivity contribution in [2.24, 2.45) is 0 Å². The molecule has 0 aliphatic heterocycles. The second-order valence-electron chi connectivity index (χ2n) is 4.17. The zero-order chi connectivity index (χ0) is 13.9. The molecule has 0 aliphatic carbocycles. The van der Waals surface area contributed by atoms with E-state index in [0.717, 1.165) is 0 Å². The van der Waals surface area contributed by atoms with Crippen molar-refractivity contribution in [2.75, 3.05) is 0 Å². The van der Waals surface area contributed by atoms with Gasteiger partial charge in [-0.3, -0.25) is 4.79 Å². The number of nitrogens with zero attached hydrogens (tertiary/aromatic N) is 2. The first-order valence-corrected chi connectivity index (χ1v) is 5.96. The Bertz CT molecular complexity index is 756. The van der Waals surface area contributed by atoms with Gasteiger partial charge in [0.25, 0.3) is 5.91 Å². The lowest BCUT2D eigenvalue weighted by atomic mass is 10.0. The third-order valence-electron chi connectivity index (χ3n) is 2.93. The number of nitrogens with one attached hydrogen (secondary N) is 1. The zero-order valence-electron chi connectivity index (χ0n) is 10.3. The van der Waals surface area contributed by atoms with E-state index in [1.807, 2.05) is 0 Å². The van der Waals surface area contributed by atoms with E-state index in [0.29, 0.717) is 22.2 Å². The van der Waals surface area contributed by atoms with E-state index in [-0.39, 0.29) is 18.3 Å². The molecule has 1 N–H and O–H groups in total. The molecular formula is C14H10FN3O2. The monoisotopic (exact) mass is 271 g/mol. The Labute approximate surface area is 113 Å². The molecule has 3 rings (SSSR count). The van der Waals surface area contributed by atoms with Crippen LogP contribution in [-0.4, -0.2) is 16.0 Å². The van der Waals surface area contributed by atoms with Gasteiger partial charge in [-0.15, -0.1) is 0 Å². The predicted octanol–water partition coefficient (Wildman–Crippen LogP) is 2.29. The highest BCUT2D eigenvalue weighted by molar-refractivity contribution is 6.07. The average Bonchev–Trinajstić information content (AvgIpc) is 2.99. The SMILES string of the molecule is O=C(NCc1ncon1)c1ccc(F)c2ccccc12. The van der Waals surface area contributed by atoms with Gasteiger partial charge >= 0.3 is 0 Å². The highest BCUT2D eigenvalue weighted by Crippen LogP contribution is 2.21. The summed E-state index contributed by atoms with van der Waals surface area (Å²) >= 11 is 0. The van der Waals surface area contributed by atoms with Gasteiger partial charge in [0.05, 0.1) is 6.54 Å². The molecule has 100 valence electrons. The minimum Gasteiger partial charge on any atom is -0.345 e. The molecule has 0 fully saturated rings. The molecule has 5 nitrogen and oxygen atoms in total. The van der Waals surface area contributed by atoms with Gasteiger partial charge < -0.3 is 9.84 Å². The fraction of sp³-hybridized carbons (Fsp3) is 0.0714. The number of aromatic nitrogens is 2. The number of hydrogen-bond donors (Lipinski definition) is 1. The second kappa shape index (κ2) is 5.08. The van der Waals surface area contributed by atoms with Crippen molar-refractivity contribution in [2.45, 2.75) is 6.54 Å². The molecule has 0 bridgehead atoms. The standard InChI is InChI=1S/C14H10FN3O2/c15-12-6-5-11(9-3-1-2-4-10(9)12)14(19)16-7-13-17-8-20-18-13/h1-6,8H,7H2,(H,16,19). The van der Waals surface area contributed by atoms with Gasteiger partial charge in [-0.1, -0.05) is 29.4 Å². The first-order chi connectivity index (χ1) is 9.75. The Kier molecular flexibility index (Phi) is 3.12. The molecule has 2 aromatic carbocycles. The second-order valence-corrected chi connectivity index (χ2v) is 4.17. The Morgan fingerprint density at radius 2 is 2.00 bits per heavy atom. The largest absolute Gasteiger partial charge is 0.345 e. The van der Waals surface area contributed by atoms with E-state index in [2.05, 4.69) is 20.0 Å². The number of fused-ring (bicyclic) bond motifs is 1. The van der Waals surface area contributed by atoms with Crippen molar-refractivity contribution in [3.05, 3.63) is 60.0 Å². The predicted molar refractivity (Wildman–Crippen MR) is 69.4 cm³/mol. The summed E-state index contributed by atoms with van der Waals surface area (Å²) in [6.45, 7) is 0.154. The molecule has 0 spiro atoms. The van der Waals surface area contributed by atoms with Crippen LogP contribution in [0, 0.1) is 5.82 Å². The summed E-state index contributed by atoms with van der Waals surface area (Å²) < 4.78 is 18.3. The molecule has 0 saturated heterocycles. The van der Waals surface area contributed by atoms with Crippen LogP contribution in [0.3, 0.4) is 0 Å². The molecule has 0 saturated carbocycles. The topological polar surface area (TPSA) is 68.0 Å². The summed E-state index contributed by atoms with van der Waals surface area (Å²) in [5, 5.41) is 7.25. The number of carbonyl (C=O) groups is 1. The lowest BCUT2D eigenvalue weighted by Gasteiger charge is -2.07. The van der Waals surface area contributed by atoms with E-state index in [1.165, 1.54) is 18.5 Å². The fourth-order valence-electron chi connectivity index (χ4n) is 1.99. The number of hydrogen-bond acceptors (Lipinski definition) is 4. The van der Waals surface area contributed by atoms with Crippen LogP contribution in [-0.2, 0) is 6.54 Å². The number of halogens is 1. The Morgan fingerprint density at radius 3 is 2.75 bits per heavy atom. The molecule has 0 atom stereocenters. The summed E-state index contributed by atoms with van der Waals surface area (Å²) in [6, 6.07) is 9.58. The summed E-state index contributed by atoms with van der Waals surface area (Å²) in [6.07, 6.45) is 1.19. The van der Waals surface area contributed by atoms with Gasteiger partial charge in [-0.25, -0.2) is 4.39 Å². The van der Waals surface area contributed by atoms with Gasteiger partial charge in [-0.05, 0) is 17.5 Å². The molecule has 3 aromatic rings. The maximum absolute atomic E-state index is 13.7. The molecule has 6 heteroatoms. The third-order valence-corrected chi connectivity index (χ3v) is 2.93. The van der Waals surface area contributed by atoms with Crippen LogP contribution in [0.1, 0.15) is 16.2 Å². The van der Waals surface area contributed by atoms with Gasteiger partial charge in [0.2, 0.25) is 6.39 Å². The highest BCUT2D eigenvalue weighted by Gasteiger charge is 2.12. The number of carbonyl (C=O) groups excluding carboxylic acids is 1. The first kappa shape index (κ1) is 12.3. The number of amides is 1. The van der Waals surface area contributed by atoms with Crippen LogP contribution in [0.25, 0.3) is 10.8 Å². The molecule has 20 heavy (non-hydrogen) atoms. The van der Waals surface area contributed by atoms with Crippen molar-refractivity contribution < 1.29 is 13.7 Å². The van der Waals surface area contributed by atoms with Gasteiger partial charge in [-0.2, -0.15) is 4.98 Å². The van der Waals surface area contributed by atoms with Crippen LogP contribution in [0.2, 0.25) is 0 Å². The fourth-order valence-corrected chi connectivity index (χ4v) is 1.99. The van der Waals surface area contributed by atoms with Gasteiger partial charge in [0, 0.05) is 10.9 Å². The van der Waals surface area contributed by atoms with Crippen LogP contribution in [0.5, 0.6) is 0 Å². The highest BCUT2D eigenvalue weighted by atomic mass is 19.1. The lowest BCUT2D eigenvalue weighted by molar-refractivity contribution is 0.0951. The molecule has 1 amide bonds. The average molecular weight is 271 g/mol. The van der Waals surface area contributed by atoms with Crippen molar-refractivity contribution in [1.82, 2.24) is 15.5 Å². The number of rotatable bonds is 3. The number of benzene rings is 2. The summed E-state index contributed by atoms with van der Waals surface area (Å²) in [5.74, 6) is -0.286. The Balaban J connectivity index is 1.90. The maximum Gasteiger partial charge on any atom is 0.252 e. The van der Waals surface area contributed by atoms with Gasteiger partial charge in [0.1, 0.15) is 5.82 Å². The summed E-state index contributed by atoms with van der Waals surface area (Å²) in [7, 11) is 0. The molecule has 0 unspecified atom stereocenters.